The molecule has 2 atom stereocenters. The van der Waals surface area contributed by atoms with Gasteiger partial charge >= 0.3 is 29.6 Å². The summed E-state index contributed by atoms with van der Waals surface area (Å²) in [5.41, 5.74) is -0.440. The van der Waals surface area contributed by atoms with Crippen molar-refractivity contribution in [2.45, 2.75) is 6.41 Å². The third-order valence-corrected chi connectivity index (χ3v) is 3.28. The molecule has 12 heteroatoms. The van der Waals surface area contributed by atoms with E-state index >= 15 is 0 Å². The Balaban J connectivity index is 0. The summed E-state index contributed by atoms with van der Waals surface area (Å²) in [4.78, 5) is 0. The molecule has 0 spiro atoms. The van der Waals surface area contributed by atoms with Gasteiger partial charge in [-0.05, 0) is 11.1 Å². The molecule has 0 aliphatic carbocycles. The molecule has 0 saturated carbocycles. The van der Waals surface area contributed by atoms with Gasteiger partial charge in [-0.15, -0.1) is 4.31 Å². The van der Waals surface area contributed by atoms with E-state index in [0.717, 1.165) is 6.26 Å². The number of ether oxygens (including phenoxy) is 1. The summed E-state index contributed by atoms with van der Waals surface area (Å²) in [6.07, 6.45) is -1.23. The molecule has 9 nitrogen and oxygen atoms in total. The average Bonchev–Trinajstić information content (AvgIpc) is 2.11. The van der Waals surface area contributed by atoms with Crippen LogP contribution in [0.1, 0.15) is 0 Å². The summed E-state index contributed by atoms with van der Waals surface area (Å²) in [5, 5.41) is 24.8. The molecule has 0 rings (SSSR count). The fraction of sp³-hybridized carbons (Fsp3) is 0.833. The summed E-state index contributed by atoms with van der Waals surface area (Å²) in [5.74, 6) is -0.655. The van der Waals surface area contributed by atoms with E-state index in [1.54, 1.807) is 0 Å². The fourth-order valence-corrected chi connectivity index (χ4v) is 2.04. The number of aliphatic hydroxyl groups is 2. The van der Waals surface area contributed by atoms with E-state index in [2.05, 4.69) is 4.74 Å². The molecule has 3 N–H and O–H groups in total. The number of aliphatic hydroxyl groups excluding tert-OH is 2. The van der Waals surface area contributed by atoms with Crippen LogP contribution in [-0.4, -0.2) is 69.2 Å². The van der Waals surface area contributed by atoms with Gasteiger partial charge in [-0.1, -0.05) is 0 Å². The topological polar surface area (TPSA) is 151 Å². The molecule has 0 bridgehead atoms. The van der Waals surface area contributed by atoms with Crippen molar-refractivity contribution >= 4 is 26.8 Å². The smallest absolute Gasteiger partial charge is 0.772 e. The first kappa shape index (κ1) is 20.9. The van der Waals surface area contributed by atoms with Gasteiger partial charge in [0.25, 0.3) is 0 Å². The van der Waals surface area contributed by atoms with Crippen LogP contribution in [0.5, 0.6) is 0 Å². The van der Waals surface area contributed by atoms with Crippen molar-refractivity contribution < 1.29 is 61.7 Å². The fourth-order valence-electron chi connectivity index (χ4n) is 0.885. The molecule has 0 aromatic heterocycles. The van der Waals surface area contributed by atoms with Gasteiger partial charge in [-0.25, -0.2) is 8.42 Å². The van der Waals surface area contributed by atoms with Crippen LogP contribution in [0.3, 0.4) is 0 Å². The Labute approximate surface area is 129 Å². The van der Waals surface area contributed by atoms with E-state index in [4.69, 9.17) is 10.5 Å². The summed E-state index contributed by atoms with van der Waals surface area (Å²) >= 11 is -2.52. The maximum atomic E-state index is 11.2. The second-order valence-corrected chi connectivity index (χ2v) is 5.81. The van der Waals surface area contributed by atoms with E-state index in [1.807, 2.05) is 0 Å². The van der Waals surface area contributed by atoms with E-state index in [1.165, 1.54) is 0 Å². The average molecular weight is 312 g/mol. The predicted octanol–water partition coefficient (Wildman–Crippen LogP) is -5.61. The molecule has 0 heterocycles. The minimum Gasteiger partial charge on any atom is -0.772 e. The standard InChI is InChI=1S/C6H14N2O7S2.Na/c1-17(13,14)8(6(10)15-4-9)2-5(7)3-16(11)12;/h6-7,9-10H,2-4H2,1H3,(H,11,12);/q;+1/p-1. The van der Waals surface area contributed by atoms with E-state index < -0.39 is 52.3 Å². The third kappa shape index (κ3) is 8.63. The Kier molecular flexibility index (Phi) is 11.0. The van der Waals surface area contributed by atoms with Crippen molar-refractivity contribution in [3.05, 3.63) is 0 Å². The van der Waals surface area contributed by atoms with Crippen molar-refractivity contribution in [1.29, 1.82) is 5.41 Å². The van der Waals surface area contributed by atoms with Crippen LogP contribution < -0.4 is 29.6 Å². The van der Waals surface area contributed by atoms with Crippen LogP contribution in [0, 0.1) is 5.41 Å². The molecule has 0 aliphatic rings. The summed E-state index contributed by atoms with van der Waals surface area (Å²) in [6, 6.07) is 0. The van der Waals surface area contributed by atoms with Gasteiger partial charge in [0.1, 0.15) is 6.79 Å². The Morgan fingerprint density at radius 2 is 2.11 bits per heavy atom. The van der Waals surface area contributed by atoms with E-state index in [-0.39, 0.29) is 29.6 Å². The van der Waals surface area contributed by atoms with Crippen LogP contribution >= 0.6 is 0 Å². The van der Waals surface area contributed by atoms with Crippen LogP contribution in [0.25, 0.3) is 0 Å². The SMILES string of the molecule is CS(=O)(=O)N(CC(=N)CS(=O)[O-])C(O)OCO.[Na+]. The Morgan fingerprint density at radius 3 is 2.44 bits per heavy atom. The molecule has 0 aromatic rings. The molecule has 0 fully saturated rings. The van der Waals surface area contributed by atoms with E-state index in [9.17, 15) is 22.3 Å². The molecule has 0 radical (unpaired) electrons. The summed E-state index contributed by atoms with van der Waals surface area (Å²) in [6.45, 7) is -1.57. The second-order valence-electron chi connectivity index (χ2n) is 2.98. The quantitative estimate of drug-likeness (QED) is 0.175. The summed E-state index contributed by atoms with van der Waals surface area (Å²) < 4.78 is 47.6. The molecule has 0 aliphatic heterocycles. The Hall–Kier alpha value is 0.570. The number of sulfonamides is 1. The van der Waals surface area contributed by atoms with Crippen LogP contribution in [0.15, 0.2) is 0 Å². The molecule has 18 heavy (non-hydrogen) atoms. The maximum Gasteiger partial charge on any atom is 1.00 e. The number of nitrogens with zero attached hydrogens (tertiary/aromatic N) is 1. The Morgan fingerprint density at radius 1 is 1.61 bits per heavy atom. The normalized spacial score (nSPS) is 14.9. The number of nitrogens with one attached hydrogen (secondary N) is 1. The molecule has 2 unspecified atom stereocenters. The first-order chi connectivity index (χ1) is 7.68. The minimum atomic E-state index is -3.91. The maximum absolute atomic E-state index is 11.2. The second kappa shape index (κ2) is 9.47. The van der Waals surface area contributed by atoms with Gasteiger partial charge in [0.2, 0.25) is 16.4 Å². The van der Waals surface area contributed by atoms with Crippen LogP contribution in [-0.2, 0) is 25.8 Å². The van der Waals surface area contributed by atoms with Crippen LogP contribution in [0.2, 0.25) is 0 Å². The zero-order valence-electron chi connectivity index (χ0n) is 9.90. The number of hydrogen-bond acceptors (Lipinski definition) is 8. The van der Waals surface area contributed by atoms with Gasteiger partial charge in [-0.2, -0.15) is 0 Å². The summed E-state index contributed by atoms with van der Waals surface area (Å²) in [7, 11) is -3.91. The van der Waals surface area contributed by atoms with Crippen molar-refractivity contribution in [3.8, 4) is 0 Å². The van der Waals surface area contributed by atoms with Gasteiger partial charge in [-0.3, -0.25) is 4.21 Å². The molecule has 0 saturated heterocycles. The predicted molar refractivity (Wildman–Crippen MR) is 57.2 cm³/mol. The van der Waals surface area contributed by atoms with Crippen molar-refractivity contribution in [1.82, 2.24) is 4.31 Å². The van der Waals surface area contributed by atoms with Gasteiger partial charge in [0, 0.05) is 11.5 Å². The number of rotatable bonds is 8. The molecule has 0 amide bonds. The molecule has 0 aromatic carbocycles. The molecule has 102 valence electrons. The van der Waals surface area contributed by atoms with Gasteiger partial charge in [0.15, 0.2) is 0 Å². The number of hydrogen-bond donors (Lipinski definition) is 3. The van der Waals surface area contributed by atoms with Gasteiger partial charge < -0.3 is 24.9 Å². The first-order valence-electron chi connectivity index (χ1n) is 4.18. The van der Waals surface area contributed by atoms with E-state index in [0.29, 0.717) is 4.31 Å². The molecular weight excluding hydrogens is 299 g/mol. The minimum absolute atomic E-state index is 0. The van der Waals surface area contributed by atoms with Gasteiger partial charge in [0.05, 0.1) is 12.8 Å². The van der Waals surface area contributed by atoms with Crippen molar-refractivity contribution in [2.24, 2.45) is 0 Å². The largest absolute Gasteiger partial charge is 1.00 e. The third-order valence-electron chi connectivity index (χ3n) is 1.53. The monoisotopic (exact) mass is 312 g/mol. The van der Waals surface area contributed by atoms with Crippen molar-refractivity contribution in [3.63, 3.8) is 0 Å². The van der Waals surface area contributed by atoms with Crippen LogP contribution in [0.4, 0.5) is 0 Å². The first-order valence-corrected chi connectivity index (χ1v) is 7.27. The van der Waals surface area contributed by atoms with Crippen molar-refractivity contribution in [2.75, 3.05) is 25.3 Å². The molecular formula is C6H13N2NaO7S2. The Bertz CT molecular complexity index is 387. The zero-order chi connectivity index (χ0) is 13.6. The zero-order valence-corrected chi connectivity index (χ0v) is 13.5.